The van der Waals surface area contributed by atoms with Gasteiger partial charge in [0.15, 0.2) is 0 Å². The number of aryl methyl sites for hydroxylation is 1. The first-order valence-electron chi connectivity index (χ1n) is 5.83. The Bertz CT molecular complexity index is 446. The maximum atomic E-state index is 11.7. The minimum Gasteiger partial charge on any atom is -0.496 e. The first-order chi connectivity index (χ1) is 8.34. The quantitative estimate of drug-likeness (QED) is 0.865. The number of nitrogens with two attached hydrogens (primary N) is 1. The van der Waals surface area contributed by atoms with Crippen LogP contribution in [0.4, 0.5) is 0 Å². The number of hydrogen-bond acceptors (Lipinski definition) is 4. The van der Waals surface area contributed by atoms with Crippen LogP contribution in [-0.4, -0.2) is 20.2 Å². The third-order valence-corrected chi connectivity index (χ3v) is 3.27. The van der Waals surface area contributed by atoms with Crippen molar-refractivity contribution >= 4 is 18.4 Å². The Morgan fingerprint density at radius 1 is 1.32 bits per heavy atom. The second-order valence-electron chi connectivity index (χ2n) is 4.92. The molecule has 0 aliphatic carbocycles. The molecule has 1 atom stereocenters. The highest BCUT2D eigenvalue weighted by atomic mass is 35.5. The lowest BCUT2D eigenvalue weighted by Crippen LogP contribution is -2.37. The summed E-state index contributed by atoms with van der Waals surface area (Å²) in [4.78, 5) is 11.7. The molecule has 1 aromatic carbocycles. The molecule has 2 N–H and O–H groups in total. The molecule has 0 aliphatic rings. The minimum absolute atomic E-state index is 0. The van der Waals surface area contributed by atoms with Crippen LogP contribution in [-0.2, 0) is 9.53 Å². The molecule has 1 rings (SSSR count). The second-order valence-corrected chi connectivity index (χ2v) is 4.92. The molecule has 0 radical (unpaired) electrons. The standard InChI is InChI=1S/C14H21NO3.ClH/c1-9-8-10(6-7-11(9)17-4)12(15)14(2,3)13(16)18-5;/h6-8,12H,15H2,1-5H3;1H/t12-;/m1./s1. The van der Waals surface area contributed by atoms with Crippen LogP contribution in [0.15, 0.2) is 18.2 Å². The molecule has 0 saturated heterocycles. The molecular weight excluding hydrogens is 266 g/mol. The van der Waals surface area contributed by atoms with Crippen LogP contribution in [0.1, 0.15) is 31.0 Å². The van der Waals surface area contributed by atoms with Crippen molar-refractivity contribution in [3.05, 3.63) is 29.3 Å². The summed E-state index contributed by atoms with van der Waals surface area (Å²) < 4.78 is 9.99. The predicted molar refractivity (Wildman–Crippen MR) is 77.7 cm³/mol. The summed E-state index contributed by atoms with van der Waals surface area (Å²) in [6.45, 7) is 5.51. The van der Waals surface area contributed by atoms with E-state index in [1.165, 1.54) is 7.11 Å². The van der Waals surface area contributed by atoms with Gasteiger partial charge in [-0.2, -0.15) is 0 Å². The van der Waals surface area contributed by atoms with Crippen LogP contribution in [0.5, 0.6) is 5.75 Å². The highest BCUT2D eigenvalue weighted by Gasteiger charge is 2.36. The van der Waals surface area contributed by atoms with E-state index in [1.807, 2.05) is 25.1 Å². The van der Waals surface area contributed by atoms with Crippen molar-refractivity contribution in [2.45, 2.75) is 26.8 Å². The van der Waals surface area contributed by atoms with Crippen molar-refractivity contribution in [2.75, 3.05) is 14.2 Å². The summed E-state index contributed by atoms with van der Waals surface area (Å²) in [5.41, 5.74) is 7.28. The number of esters is 1. The Labute approximate surface area is 120 Å². The topological polar surface area (TPSA) is 61.5 Å². The fourth-order valence-electron chi connectivity index (χ4n) is 1.90. The van der Waals surface area contributed by atoms with E-state index in [2.05, 4.69) is 0 Å². The minimum atomic E-state index is -0.768. The van der Waals surface area contributed by atoms with E-state index < -0.39 is 11.5 Å². The molecule has 0 amide bonds. The normalized spacial score (nSPS) is 12.3. The van der Waals surface area contributed by atoms with Crippen molar-refractivity contribution in [1.82, 2.24) is 0 Å². The van der Waals surface area contributed by atoms with Gasteiger partial charge in [-0.1, -0.05) is 12.1 Å². The van der Waals surface area contributed by atoms with Gasteiger partial charge in [-0.3, -0.25) is 4.79 Å². The molecule has 108 valence electrons. The van der Waals surface area contributed by atoms with Crippen molar-refractivity contribution in [3.63, 3.8) is 0 Å². The summed E-state index contributed by atoms with van der Waals surface area (Å²) in [5, 5.41) is 0. The summed E-state index contributed by atoms with van der Waals surface area (Å²) >= 11 is 0. The van der Waals surface area contributed by atoms with Crippen LogP contribution in [0, 0.1) is 12.3 Å². The Morgan fingerprint density at radius 2 is 1.89 bits per heavy atom. The zero-order valence-corrected chi connectivity index (χ0v) is 12.8. The van der Waals surface area contributed by atoms with Gasteiger partial charge in [-0.05, 0) is 38.0 Å². The molecule has 1 aromatic rings. The van der Waals surface area contributed by atoms with Crippen LogP contribution in [0.25, 0.3) is 0 Å². The van der Waals surface area contributed by atoms with Gasteiger partial charge in [0.05, 0.1) is 19.6 Å². The van der Waals surface area contributed by atoms with Gasteiger partial charge in [-0.15, -0.1) is 12.4 Å². The predicted octanol–water partition coefficient (Wildman–Crippen LogP) is 2.62. The van der Waals surface area contributed by atoms with E-state index >= 15 is 0 Å². The van der Waals surface area contributed by atoms with Gasteiger partial charge in [0.25, 0.3) is 0 Å². The average molecular weight is 288 g/mol. The highest BCUT2D eigenvalue weighted by Crippen LogP contribution is 2.34. The molecule has 0 unspecified atom stereocenters. The molecule has 0 fully saturated rings. The Morgan fingerprint density at radius 3 is 2.32 bits per heavy atom. The number of benzene rings is 1. The van der Waals surface area contributed by atoms with Crippen LogP contribution in [0.2, 0.25) is 0 Å². The van der Waals surface area contributed by atoms with Crippen LogP contribution in [0.3, 0.4) is 0 Å². The molecule has 0 bridgehead atoms. The van der Waals surface area contributed by atoms with E-state index in [1.54, 1.807) is 21.0 Å². The lowest BCUT2D eigenvalue weighted by atomic mass is 9.80. The van der Waals surface area contributed by atoms with E-state index in [0.717, 1.165) is 16.9 Å². The lowest BCUT2D eigenvalue weighted by molar-refractivity contribution is -0.152. The summed E-state index contributed by atoms with van der Waals surface area (Å²) in [6, 6.07) is 5.25. The lowest BCUT2D eigenvalue weighted by Gasteiger charge is -2.29. The second kappa shape index (κ2) is 6.78. The Kier molecular flexibility index (Phi) is 6.33. The van der Waals surface area contributed by atoms with Crippen LogP contribution >= 0.6 is 12.4 Å². The smallest absolute Gasteiger partial charge is 0.313 e. The van der Waals surface area contributed by atoms with E-state index in [9.17, 15) is 4.79 Å². The third-order valence-electron chi connectivity index (χ3n) is 3.27. The van der Waals surface area contributed by atoms with E-state index in [4.69, 9.17) is 15.2 Å². The van der Waals surface area contributed by atoms with Gasteiger partial charge >= 0.3 is 5.97 Å². The zero-order chi connectivity index (χ0) is 13.9. The van der Waals surface area contributed by atoms with Gasteiger partial charge < -0.3 is 15.2 Å². The molecule has 19 heavy (non-hydrogen) atoms. The number of halogens is 1. The average Bonchev–Trinajstić information content (AvgIpc) is 2.36. The number of carbonyl (C=O) groups is 1. The molecule has 4 nitrogen and oxygen atoms in total. The maximum absolute atomic E-state index is 11.7. The molecule has 0 spiro atoms. The molecule has 0 saturated carbocycles. The van der Waals surface area contributed by atoms with Crippen molar-refractivity contribution in [2.24, 2.45) is 11.1 Å². The molecule has 5 heteroatoms. The van der Waals surface area contributed by atoms with Gasteiger partial charge in [0.2, 0.25) is 0 Å². The number of hydrogen-bond donors (Lipinski definition) is 1. The first-order valence-corrected chi connectivity index (χ1v) is 5.83. The fourth-order valence-corrected chi connectivity index (χ4v) is 1.90. The first kappa shape index (κ1) is 17.7. The molecule has 0 heterocycles. The number of methoxy groups -OCH3 is 2. The summed E-state index contributed by atoms with van der Waals surface area (Å²) in [7, 11) is 3.00. The summed E-state index contributed by atoms with van der Waals surface area (Å²) in [6.07, 6.45) is 0. The van der Waals surface area contributed by atoms with Gasteiger partial charge in [0.1, 0.15) is 5.75 Å². The largest absolute Gasteiger partial charge is 0.496 e. The maximum Gasteiger partial charge on any atom is 0.313 e. The van der Waals surface area contributed by atoms with E-state index in [-0.39, 0.29) is 18.4 Å². The van der Waals surface area contributed by atoms with E-state index in [0.29, 0.717) is 0 Å². The van der Waals surface area contributed by atoms with Gasteiger partial charge in [-0.25, -0.2) is 0 Å². The third kappa shape index (κ3) is 3.61. The monoisotopic (exact) mass is 287 g/mol. The highest BCUT2D eigenvalue weighted by molar-refractivity contribution is 5.85. The fraction of sp³-hybridized carbons (Fsp3) is 0.500. The number of carbonyl (C=O) groups excluding carboxylic acids is 1. The summed E-state index contributed by atoms with van der Waals surface area (Å²) in [5.74, 6) is 0.491. The zero-order valence-electron chi connectivity index (χ0n) is 12.0. The molecular formula is C14H22ClNO3. The Hall–Kier alpha value is -1.26. The number of rotatable bonds is 4. The Balaban J connectivity index is 0.00000324. The van der Waals surface area contributed by atoms with Crippen molar-refractivity contribution in [1.29, 1.82) is 0 Å². The van der Waals surface area contributed by atoms with Crippen molar-refractivity contribution < 1.29 is 14.3 Å². The number of ether oxygens (including phenoxy) is 2. The molecule has 0 aromatic heterocycles. The SMILES string of the molecule is COC(=O)C(C)(C)[C@H](N)c1ccc(OC)c(C)c1.Cl. The van der Waals surface area contributed by atoms with Crippen LogP contribution < -0.4 is 10.5 Å². The van der Waals surface area contributed by atoms with Crippen molar-refractivity contribution in [3.8, 4) is 5.75 Å². The molecule has 0 aliphatic heterocycles. The van der Waals surface area contributed by atoms with Gasteiger partial charge in [0, 0.05) is 6.04 Å².